The van der Waals surface area contributed by atoms with Crippen molar-refractivity contribution in [3.63, 3.8) is 0 Å². The molecule has 4 rings (SSSR count). The minimum Gasteiger partial charge on any atom is -0.454 e. The predicted molar refractivity (Wildman–Crippen MR) is 97.2 cm³/mol. The minimum atomic E-state index is -0.137. The lowest BCUT2D eigenvalue weighted by Crippen LogP contribution is -2.26. The second-order valence-corrected chi connectivity index (χ2v) is 6.87. The number of para-hydroxylation sites is 1. The molecule has 0 amide bonds. The van der Waals surface area contributed by atoms with E-state index in [0.717, 1.165) is 17.1 Å². The van der Waals surface area contributed by atoms with Crippen LogP contribution in [-0.4, -0.2) is 39.5 Å². The molecule has 3 heterocycles. The van der Waals surface area contributed by atoms with Crippen LogP contribution < -0.4 is 25.5 Å². The predicted octanol–water partition coefficient (Wildman–Crippen LogP) is 1.17. The molecule has 1 aromatic carbocycles. The van der Waals surface area contributed by atoms with Gasteiger partial charge in [-0.3, -0.25) is 5.32 Å². The molecule has 3 aromatic rings. The Bertz CT molecular complexity index is 947. The summed E-state index contributed by atoms with van der Waals surface area (Å²) in [4.78, 5) is 14.9. The third kappa shape index (κ3) is 3.20. The Labute approximate surface area is 153 Å². The molecule has 0 radical (unpaired) electrons. The first-order valence-electron chi connectivity index (χ1n) is 8.10. The SMILES string of the molecule is C[C@H](CO)Nc1[nH+]c(SCc2cccc3c2OCO3)nc2nc(N)[nH]c12. The van der Waals surface area contributed by atoms with Gasteiger partial charge >= 0.3 is 0 Å². The first-order valence-corrected chi connectivity index (χ1v) is 9.09. The van der Waals surface area contributed by atoms with E-state index in [1.54, 1.807) is 0 Å². The van der Waals surface area contributed by atoms with Crippen LogP contribution in [-0.2, 0) is 5.75 Å². The van der Waals surface area contributed by atoms with E-state index in [1.165, 1.54) is 11.8 Å². The lowest BCUT2D eigenvalue weighted by Gasteiger charge is -2.08. The van der Waals surface area contributed by atoms with Gasteiger partial charge in [-0.2, -0.15) is 4.98 Å². The molecule has 9 nitrogen and oxygen atoms in total. The van der Waals surface area contributed by atoms with Crippen molar-refractivity contribution >= 4 is 34.7 Å². The van der Waals surface area contributed by atoms with E-state index >= 15 is 0 Å². The number of thioether (sulfide) groups is 1. The minimum absolute atomic E-state index is 0.00274. The summed E-state index contributed by atoms with van der Waals surface area (Å²) in [6, 6.07) is 5.69. The monoisotopic (exact) mass is 375 g/mol. The lowest BCUT2D eigenvalue weighted by molar-refractivity contribution is -0.416. The number of hydrogen-bond acceptors (Lipinski definition) is 8. The van der Waals surface area contributed by atoms with Gasteiger partial charge in [-0.15, -0.1) is 0 Å². The van der Waals surface area contributed by atoms with Crippen molar-refractivity contribution in [3.05, 3.63) is 23.8 Å². The zero-order valence-electron chi connectivity index (χ0n) is 14.1. The number of rotatable bonds is 6. The molecule has 0 saturated carbocycles. The number of nitrogens with zero attached hydrogens (tertiary/aromatic N) is 2. The Morgan fingerprint density at radius 3 is 3.15 bits per heavy atom. The Morgan fingerprint density at radius 2 is 2.31 bits per heavy atom. The van der Waals surface area contributed by atoms with Gasteiger partial charge in [0.1, 0.15) is 0 Å². The third-order valence-corrected chi connectivity index (χ3v) is 4.82. The Balaban J connectivity index is 1.61. The van der Waals surface area contributed by atoms with Gasteiger partial charge in [0.2, 0.25) is 18.6 Å². The van der Waals surface area contributed by atoms with Gasteiger partial charge in [0.05, 0.1) is 12.6 Å². The maximum atomic E-state index is 9.31. The number of benzene rings is 1. The quantitative estimate of drug-likeness (QED) is 0.373. The van der Waals surface area contributed by atoms with E-state index in [-0.39, 0.29) is 25.4 Å². The number of ether oxygens (including phenoxy) is 2. The van der Waals surface area contributed by atoms with Gasteiger partial charge in [-0.1, -0.05) is 17.1 Å². The zero-order valence-corrected chi connectivity index (χ0v) is 14.9. The van der Waals surface area contributed by atoms with Crippen molar-refractivity contribution in [2.24, 2.45) is 0 Å². The average Bonchev–Trinajstić information content (AvgIpc) is 3.25. The number of H-pyrrole nitrogens is 2. The fourth-order valence-corrected chi connectivity index (χ4v) is 3.49. The summed E-state index contributed by atoms with van der Waals surface area (Å²) in [7, 11) is 0. The summed E-state index contributed by atoms with van der Waals surface area (Å²) in [5.41, 5.74) is 7.97. The number of anilines is 2. The van der Waals surface area contributed by atoms with Crippen molar-refractivity contribution in [2.45, 2.75) is 23.9 Å². The largest absolute Gasteiger partial charge is 0.454 e. The van der Waals surface area contributed by atoms with Crippen LogP contribution in [0.5, 0.6) is 11.5 Å². The topological polar surface area (TPSA) is 132 Å². The van der Waals surface area contributed by atoms with E-state index in [0.29, 0.717) is 27.9 Å². The van der Waals surface area contributed by atoms with Crippen LogP contribution in [0, 0.1) is 0 Å². The van der Waals surface area contributed by atoms with E-state index in [9.17, 15) is 5.11 Å². The Morgan fingerprint density at radius 1 is 1.42 bits per heavy atom. The molecule has 0 spiro atoms. The molecule has 6 N–H and O–H groups in total. The van der Waals surface area contributed by atoms with Crippen molar-refractivity contribution < 1.29 is 19.6 Å². The number of nitrogens with two attached hydrogens (primary N) is 1. The van der Waals surface area contributed by atoms with Crippen LogP contribution in [0.15, 0.2) is 23.4 Å². The molecule has 1 aliphatic rings. The highest BCUT2D eigenvalue weighted by atomic mass is 32.2. The van der Waals surface area contributed by atoms with Crippen LogP contribution in [0.1, 0.15) is 12.5 Å². The first-order chi connectivity index (χ1) is 12.6. The fourth-order valence-electron chi connectivity index (χ4n) is 2.65. The zero-order chi connectivity index (χ0) is 18.1. The molecule has 10 heteroatoms. The van der Waals surface area contributed by atoms with Crippen molar-refractivity contribution in [2.75, 3.05) is 24.5 Å². The molecule has 26 heavy (non-hydrogen) atoms. The number of fused-ring (bicyclic) bond motifs is 2. The van der Waals surface area contributed by atoms with Crippen LogP contribution in [0.3, 0.4) is 0 Å². The number of aromatic amines is 2. The first kappa shape index (κ1) is 16.7. The van der Waals surface area contributed by atoms with Crippen LogP contribution in [0.25, 0.3) is 11.2 Å². The van der Waals surface area contributed by atoms with Crippen molar-refractivity contribution in [1.29, 1.82) is 0 Å². The van der Waals surface area contributed by atoms with Crippen LogP contribution in [0.4, 0.5) is 11.8 Å². The highest BCUT2D eigenvalue weighted by Crippen LogP contribution is 2.37. The van der Waals surface area contributed by atoms with E-state index in [1.807, 2.05) is 25.1 Å². The molecule has 0 fully saturated rings. The molecular weight excluding hydrogens is 356 g/mol. The molecule has 0 aliphatic carbocycles. The number of aliphatic hydroxyl groups is 1. The maximum absolute atomic E-state index is 9.31. The summed E-state index contributed by atoms with van der Waals surface area (Å²) in [5, 5.41) is 13.2. The average molecular weight is 375 g/mol. The van der Waals surface area contributed by atoms with Gasteiger partial charge in [0, 0.05) is 11.3 Å². The van der Waals surface area contributed by atoms with Crippen molar-refractivity contribution in [3.8, 4) is 11.5 Å². The summed E-state index contributed by atoms with van der Waals surface area (Å²) < 4.78 is 11.0. The van der Waals surface area contributed by atoms with Gasteiger partial charge in [0.25, 0.3) is 10.8 Å². The molecule has 1 aliphatic heterocycles. The molecule has 0 unspecified atom stereocenters. The van der Waals surface area contributed by atoms with Gasteiger partial charge in [-0.25, -0.2) is 4.98 Å². The highest BCUT2D eigenvalue weighted by Gasteiger charge is 2.21. The Kier molecular flexibility index (Phi) is 4.43. The van der Waals surface area contributed by atoms with Crippen molar-refractivity contribution in [1.82, 2.24) is 15.0 Å². The van der Waals surface area contributed by atoms with Gasteiger partial charge in [0.15, 0.2) is 17.0 Å². The maximum Gasteiger partial charge on any atom is 0.299 e. The second-order valence-electron chi connectivity index (χ2n) is 5.91. The summed E-state index contributed by atoms with van der Waals surface area (Å²) in [6.07, 6.45) is 0. The third-order valence-electron chi connectivity index (χ3n) is 3.90. The van der Waals surface area contributed by atoms with E-state index < -0.39 is 0 Å². The number of imidazole rings is 1. The molecule has 1 atom stereocenters. The molecule has 0 saturated heterocycles. The second kappa shape index (κ2) is 6.89. The van der Waals surface area contributed by atoms with Crippen LogP contribution >= 0.6 is 11.8 Å². The summed E-state index contributed by atoms with van der Waals surface area (Å²) in [6.45, 7) is 2.11. The molecular formula is C16H19N6O3S+. The smallest absolute Gasteiger partial charge is 0.299 e. The number of hydrogen-bond donors (Lipinski definition) is 4. The number of nitrogens with one attached hydrogen (secondary N) is 3. The normalized spacial score (nSPS) is 13.9. The van der Waals surface area contributed by atoms with Gasteiger partial charge in [-0.05, 0) is 24.8 Å². The van der Waals surface area contributed by atoms with Gasteiger partial charge < -0.3 is 25.3 Å². The standard InChI is InChI=1S/C16H18N6O3S/c1-8(5-23)18-13-11-14(20-15(17)19-11)22-16(21-13)26-6-9-3-2-4-10-12(9)25-7-24-10/h2-4,8,23H,5-7H2,1H3,(H4,17,18,19,20,21,22)/p+1/t8-/m1/s1. The number of aromatic nitrogens is 4. The van der Waals surface area contributed by atoms with Crippen LogP contribution in [0.2, 0.25) is 0 Å². The molecule has 0 bridgehead atoms. The van der Waals surface area contributed by atoms with E-state index in [2.05, 4.69) is 25.3 Å². The Hall–Kier alpha value is -2.72. The van der Waals surface area contributed by atoms with E-state index in [4.69, 9.17) is 15.2 Å². The highest BCUT2D eigenvalue weighted by molar-refractivity contribution is 7.98. The molecule has 2 aromatic heterocycles. The number of nitrogen functional groups attached to an aromatic ring is 1. The molecule has 136 valence electrons. The number of aliphatic hydroxyl groups excluding tert-OH is 1. The summed E-state index contributed by atoms with van der Waals surface area (Å²) in [5.74, 6) is 3.15. The summed E-state index contributed by atoms with van der Waals surface area (Å²) >= 11 is 1.51. The lowest BCUT2D eigenvalue weighted by atomic mass is 10.2. The fraction of sp³-hybridized carbons (Fsp3) is 0.312.